The Kier molecular flexibility index (Phi) is 2.51. The van der Waals surface area contributed by atoms with E-state index in [1.165, 1.54) is 0 Å². The van der Waals surface area contributed by atoms with Crippen molar-refractivity contribution in [1.82, 2.24) is 0 Å². The van der Waals surface area contributed by atoms with Gasteiger partial charge in [0.1, 0.15) is 11.6 Å². The van der Waals surface area contributed by atoms with Gasteiger partial charge in [0.25, 0.3) is 0 Å². The quantitative estimate of drug-likeness (QED) is 0.461. The number of Topliss-reactive ketones (excluding diaryl/α,β-unsaturated/α-hetero) is 2. The maximum Gasteiger partial charge on any atom is 0.140 e. The third-order valence-electron chi connectivity index (χ3n) is 2.57. The van der Waals surface area contributed by atoms with Crippen LogP contribution in [0.4, 0.5) is 0 Å². The van der Waals surface area contributed by atoms with E-state index in [-0.39, 0.29) is 18.0 Å². The molecule has 0 atom stereocenters. The van der Waals surface area contributed by atoms with Gasteiger partial charge >= 0.3 is 0 Å². The molecule has 1 fully saturated rings. The Bertz CT molecular complexity index is 199. The van der Waals surface area contributed by atoms with Crippen molar-refractivity contribution in [1.29, 1.82) is 0 Å². The molecule has 0 bridgehead atoms. The molecule has 1 aliphatic carbocycles. The molecule has 0 radical (unpaired) electrons. The summed E-state index contributed by atoms with van der Waals surface area (Å²) in [7, 11) is -1.28. The van der Waals surface area contributed by atoms with Crippen LogP contribution in [0, 0.1) is 0 Å². The van der Waals surface area contributed by atoms with E-state index in [1.807, 2.05) is 0 Å². The summed E-state index contributed by atoms with van der Waals surface area (Å²) in [5.41, 5.74) is 0.395. The molecule has 2 nitrogen and oxygen atoms in total. The Morgan fingerprint density at radius 2 is 1.50 bits per heavy atom. The lowest BCUT2D eigenvalue weighted by Gasteiger charge is -2.30. The molecule has 0 spiro atoms. The van der Waals surface area contributed by atoms with E-state index in [1.54, 1.807) is 0 Å². The van der Waals surface area contributed by atoms with Crippen LogP contribution >= 0.6 is 0 Å². The van der Waals surface area contributed by atoms with Gasteiger partial charge in [0, 0.05) is 20.9 Å². The van der Waals surface area contributed by atoms with E-state index in [0.717, 1.165) is 0 Å². The molecule has 1 rings (SSSR count). The van der Waals surface area contributed by atoms with Crippen LogP contribution < -0.4 is 0 Å². The predicted molar refractivity (Wildman–Crippen MR) is 51.0 cm³/mol. The van der Waals surface area contributed by atoms with Crippen molar-refractivity contribution < 1.29 is 9.59 Å². The molecule has 1 saturated carbocycles. The van der Waals surface area contributed by atoms with Gasteiger partial charge in [0.15, 0.2) is 0 Å². The third kappa shape index (κ3) is 2.27. The Morgan fingerprint density at radius 1 is 1.08 bits per heavy atom. The van der Waals surface area contributed by atoms with Crippen molar-refractivity contribution in [3.05, 3.63) is 0 Å². The minimum Gasteiger partial charge on any atom is -0.299 e. The molecule has 0 amide bonds. The fraction of sp³-hybridized carbons (Fsp3) is 0.778. The van der Waals surface area contributed by atoms with Crippen LogP contribution in [0.5, 0.6) is 0 Å². The molecular formula is C9H16O2Si. The minimum atomic E-state index is -1.28. The van der Waals surface area contributed by atoms with E-state index in [0.29, 0.717) is 18.4 Å². The van der Waals surface area contributed by atoms with Crippen LogP contribution in [-0.4, -0.2) is 19.6 Å². The minimum absolute atomic E-state index is 0.152. The molecule has 0 unspecified atom stereocenters. The predicted octanol–water partition coefficient (Wildman–Crippen LogP) is 2.02. The zero-order chi connectivity index (χ0) is 9.35. The van der Waals surface area contributed by atoms with Gasteiger partial charge < -0.3 is 0 Å². The summed E-state index contributed by atoms with van der Waals surface area (Å²) in [6, 6.07) is 0. The summed E-state index contributed by atoms with van der Waals surface area (Å²) in [4.78, 5) is 22.3. The lowest BCUT2D eigenvalue weighted by atomic mass is 9.97. The highest BCUT2D eigenvalue weighted by molar-refractivity contribution is 6.78. The van der Waals surface area contributed by atoms with Gasteiger partial charge in [0.05, 0.1) is 6.42 Å². The first-order chi connectivity index (χ1) is 5.39. The monoisotopic (exact) mass is 184 g/mol. The SMILES string of the molecule is C[Si](C)(C)C1CC(=O)CC(=O)C1. The number of rotatable bonds is 1. The first-order valence-corrected chi connectivity index (χ1v) is 8.00. The molecule has 68 valence electrons. The molecule has 12 heavy (non-hydrogen) atoms. The average molecular weight is 184 g/mol. The molecule has 0 aromatic heterocycles. The van der Waals surface area contributed by atoms with Crippen LogP contribution in [0.3, 0.4) is 0 Å². The molecule has 0 saturated heterocycles. The van der Waals surface area contributed by atoms with E-state index in [4.69, 9.17) is 0 Å². The summed E-state index contributed by atoms with van der Waals surface area (Å²) in [5, 5.41) is 0. The highest BCUT2D eigenvalue weighted by Gasteiger charge is 2.34. The maximum absolute atomic E-state index is 11.1. The topological polar surface area (TPSA) is 34.1 Å². The summed E-state index contributed by atoms with van der Waals surface area (Å²) in [6.45, 7) is 6.68. The van der Waals surface area contributed by atoms with E-state index in [2.05, 4.69) is 19.6 Å². The summed E-state index contributed by atoms with van der Waals surface area (Å²) >= 11 is 0. The molecule has 0 aliphatic heterocycles. The van der Waals surface area contributed by atoms with Gasteiger partial charge in [-0.2, -0.15) is 0 Å². The number of carbonyl (C=O) groups excluding carboxylic acids is 2. The second-order valence-corrected chi connectivity index (χ2v) is 10.3. The highest BCUT2D eigenvalue weighted by Crippen LogP contribution is 2.33. The average Bonchev–Trinajstić information content (AvgIpc) is 1.82. The van der Waals surface area contributed by atoms with Crippen LogP contribution in [-0.2, 0) is 9.59 Å². The molecule has 0 aromatic rings. The second kappa shape index (κ2) is 3.13. The van der Waals surface area contributed by atoms with Crippen LogP contribution in [0.15, 0.2) is 0 Å². The van der Waals surface area contributed by atoms with Crippen molar-refractivity contribution in [2.75, 3.05) is 0 Å². The Morgan fingerprint density at radius 3 is 1.83 bits per heavy atom. The van der Waals surface area contributed by atoms with Gasteiger partial charge in [-0.3, -0.25) is 9.59 Å². The normalized spacial score (nSPS) is 21.6. The van der Waals surface area contributed by atoms with Gasteiger partial charge in [-0.15, -0.1) is 0 Å². The Labute approximate surface area is 74.4 Å². The van der Waals surface area contributed by atoms with E-state index in [9.17, 15) is 9.59 Å². The zero-order valence-electron chi connectivity index (χ0n) is 8.02. The molecule has 0 heterocycles. The second-order valence-electron chi connectivity index (χ2n) is 4.73. The first kappa shape index (κ1) is 9.64. The largest absolute Gasteiger partial charge is 0.299 e. The van der Waals surface area contributed by atoms with Crippen molar-refractivity contribution in [3.63, 3.8) is 0 Å². The third-order valence-corrected chi connectivity index (χ3v) is 5.42. The molecule has 1 aliphatic rings. The number of carbonyl (C=O) groups is 2. The Hall–Kier alpha value is -0.443. The number of ketones is 2. The number of hydrogen-bond acceptors (Lipinski definition) is 2. The highest BCUT2D eigenvalue weighted by atomic mass is 28.3. The van der Waals surface area contributed by atoms with Crippen molar-refractivity contribution >= 4 is 19.6 Å². The number of hydrogen-bond donors (Lipinski definition) is 0. The van der Waals surface area contributed by atoms with Crippen LogP contribution in [0.2, 0.25) is 25.2 Å². The van der Waals surface area contributed by atoms with Crippen molar-refractivity contribution in [2.45, 2.75) is 44.4 Å². The van der Waals surface area contributed by atoms with Crippen LogP contribution in [0.1, 0.15) is 19.3 Å². The van der Waals surface area contributed by atoms with Gasteiger partial charge in [-0.25, -0.2) is 0 Å². The van der Waals surface area contributed by atoms with Crippen LogP contribution in [0.25, 0.3) is 0 Å². The fourth-order valence-corrected chi connectivity index (χ4v) is 3.28. The summed E-state index contributed by atoms with van der Waals surface area (Å²) in [6.07, 6.45) is 1.50. The molecule has 0 aromatic carbocycles. The van der Waals surface area contributed by atoms with Crippen molar-refractivity contribution in [2.24, 2.45) is 0 Å². The fourth-order valence-electron chi connectivity index (χ4n) is 1.60. The first-order valence-electron chi connectivity index (χ1n) is 4.43. The lowest BCUT2D eigenvalue weighted by molar-refractivity contribution is -0.129. The Balaban J connectivity index is 2.68. The smallest absolute Gasteiger partial charge is 0.140 e. The summed E-state index contributed by atoms with van der Waals surface area (Å²) < 4.78 is 0. The molecule has 3 heteroatoms. The van der Waals surface area contributed by atoms with E-state index < -0.39 is 8.07 Å². The maximum atomic E-state index is 11.1. The zero-order valence-corrected chi connectivity index (χ0v) is 9.02. The standard InChI is InChI=1S/C9H16O2Si/c1-12(2,3)9-5-7(10)4-8(11)6-9/h9H,4-6H2,1-3H3. The molecular weight excluding hydrogens is 168 g/mol. The van der Waals surface area contributed by atoms with Gasteiger partial charge in [0.2, 0.25) is 0 Å². The lowest BCUT2D eigenvalue weighted by Crippen LogP contribution is -2.35. The van der Waals surface area contributed by atoms with E-state index >= 15 is 0 Å². The van der Waals surface area contributed by atoms with Gasteiger partial charge in [-0.05, 0) is 5.54 Å². The molecule has 0 N–H and O–H groups in total. The van der Waals surface area contributed by atoms with Gasteiger partial charge in [-0.1, -0.05) is 19.6 Å². The summed E-state index contributed by atoms with van der Waals surface area (Å²) in [5.74, 6) is 0.303. The van der Waals surface area contributed by atoms with Crippen molar-refractivity contribution in [3.8, 4) is 0 Å².